The standard InChI is InChI=1S/C20H21N3O3S/c1-3-14-8-10-15(11-9-14)12-19-22-23-20(26-19)27-13-18(24)21-16-6-4-5-7-17(16)25-2/h4-11H,3,12-13H2,1-2H3,(H,21,24). The van der Waals surface area contributed by atoms with E-state index in [1.807, 2.05) is 12.1 Å². The summed E-state index contributed by atoms with van der Waals surface area (Å²) in [4.78, 5) is 12.1. The van der Waals surface area contributed by atoms with Crippen LogP contribution in [-0.4, -0.2) is 29.0 Å². The van der Waals surface area contributed by atoms with Crippen molar-refractivity contribution in [2.45, 2.75) is 25.0 Å². The minimum absolute atomic E-state index is 0.167. The smallest absolute Gasteiger partial charge is 0.277 e. The summed E-state index contributed by atoms with van der Waals surface area (Å²) < 4.78 is 10.8. The quantitative estimate of drug-likeness (QED) is 0.593. The number of ether oxygens (including phenoxy) is 1. The molecule has 0 aliphatic carbocycles. The van der Waals surface area contributed by atoms with Gasteiger partial charge in [0.05, 0.1) is 25.0 Å². The lowest BCUT2D eigenvalue weighted by molar-refractivity contribution is -0.113. The second-order valence-electron chi connectivity index (χ2n) is 5.85. The van der Waals surface area contributed by atoms with E-state index in [0.717, 1.165) is 12.0 Å². The molecule has 0 spiro atoms. The summed E-state index contributed by atoms with van der Waals surface area (Å²) in [5.74, 6) is 1.15. The number of hydrogen-bond acceptors (Lipinski definition) is 6. The van der Waals surface area contributed by atoms with Gasteiger partial charge in [0, 0.05) is 0 Å². The van der Waals surface area contributed by atoms with Crippen LogP contribution < -0.4 is 10.1 Å². The fourth-order valence-electron chi connectivity index (χ4n) is 2.50. The van der Waals surface area contributed by atoms with Crippen LogP contribution in [-0.2, 0) is 17.6 Å². The van der Waals surface area contributed by atoms with Gasteiger partial charge in [-0.05, 0) is 29.7 Å². The predicted octanol–water partition coefficient (Wildman–Crippen LogP) is 3.96. The molecule has 1 amide bonds. The number of carbonyl (C=O) groups is 1. The molecule has 0 aliphatic heterocycles. The molecule has 140 valence electrons. The van der Waals surface area contributed by atoms with E-state index in [-0.39, 0.29) is 11.7 Å². The van der Waals surface area contributed by atoms with Crippen molar-refractivity contribution in [2.75, 3.05) is 18.2 Å². The van der Waals surface area contributed by atoms with E-state index in [1.165, 1.54) is 17.3 Å². The van der Waals surface area contributed by atoms with E-state index in [9.17, 15) is 4.79 Å². The number of aromatic nitrogens is 2. The van der Waals surface area contributed by atoms with Gasteiger partial charge in [-0.25, -0.2) is 0 Å². The second-order valence-corrected chi connectivity index (χ2v) is 6.77. The molecule has 3 aromatic rings. The Morgan fingerprint density at radius 1 is 1.11 bits per heavy atom. The molecule has 0 atom stereocenters. The van der Waals surface area contributed by atoms with Crippen molar-refractivity contribution in [2.24, 2.45) is 0 Å². The minimum Gasteiger partial charge on any atom is -0.495 e. The summed E-state index contributed by atoms with van der Waals surface area (Å²) in [6, 6.07) is 15.6. The third kappa shape index (κ3) is 5.34. The van der Waals surface area contributed by atoms with Crippen molar-refractivity contribution in [1.82, 2.24) is 10.2 Å². The lowest BCUT2D eigenvalue weighted by atomic mass is 10.1. The maximum atomic E-state index is 12.1. The summed E-state index contributed by atoms with van der Waals surface area (Å²) in [7, 11) is 1.56. The maximum absolute atomic E-state index is 12.1. The van der Waals surface area contributed by atoms with E-state index in [0.29, 0.717) is 29.0 Å². The molecule has 0 unspecified atom stereocenters. The first-order valence-corrected chi connectivity index (χ1v) is 9.62. The van der Waals surface area contributed by atoms with Crippen LogP contribution in [0.1, 0.15) is 23.9 Å². The average Bonchev–Trinajstić information content (AvgIpc) is 3.15. The Morgan fingerprint density at radius 3 is 2.59 bits per heavy atom. The molecular weight excluding hydrogens is 362 g/mol. The van der Waals surface area contributed by atoms with Gasteiger partial charge in [-0.3, -0.25) is 4.79 Å². The molecule has 7 heteroatoms. The lowest BCUT2D eigenvalue weighted by Crippen LogP contribution is -2.14. The number of carbonyl (C=O) groups excluding carboxylic acids is 1. The molecule has 1 heterocycles. The van der Waals surface area contributed by atoms with Crippen molar-refractivity contribution in [1.29, 1.82) is 0 Å². The zero-order valence-electron chi connectivity index (χ0n) is 15.3. The molecule has 0 saturated carbocycles. The molecule has 1 aromatic heterocycles. The van der Waals surface area contributed by atoms with Gasteiger partial charge in [-0.2, -0.15) is 0 Å². The maximum Gasteiger partial charge on any atom is 0.277 e. The van der Waals surface area contributed by atoms with Gasteiger partial charge in [0.15, 0.2) is 0 Å². The number of amides is 1. The van der Waals surface area contributed by atoms with Crippen LogP contribution in [0.4, 0.5) is 5.69 Å². The Kier molecular flexibility index (Phi) is 6.49. The summed E-state index contributed by atoms with van der Waals surface area (Å²) in [6.07, 6.45) is 1.59. The summed E-state index contributed by atoms with van der Waals surface area (Å²) in [5.41, 5.74) is 3.04. The predicted molar refractivity (Wildman–Crippen MR) is 105 cm³/mol. The van der Waals surface area contributed by atoms with Crippen molar-refractivity contribution in [3.05, 3.63) is 65.5 Å². The zero-order valence-corrected chi connectivity index (χ0v) is 16.1. The van der Waals surface area contributed by atoms with Crippen molar-refractivity contribution >= 4 is 23.4 Å². The SMILES string of the molecule is CCc1ccc(Cc2nnc(SCC(=O)Nc3ccccc3OC)o2)cc1. The topological polar surface area (TPSA) is 77.2 Å². The summed E-state index contributed by atoms with van der Waals surface area (Å²) >= 11 is 1.21. The molecule has 2 aromatic carbocycles. The van der Waals surface area contributed by atoms with Gasteiger partial charge in [0.25, 0.3) is 5.22 Å². The van der Waals surface area contributed by atoms with Crippen LogP contribution in [0.5, 0.6) is 5.75 Å². The first-order valence-electron chi connectivity index (χ1n) is 8.63. The Bertz CT molecular complexity index is 893. The van der Waals surface area contributed by atoms with Crippen molar-refractivity contribution in [3.63, 3.8) is 0 Å². The Hall–Kier alpha value is -2.80. The van der Waals surface area contributed by atoms with Crippen molar-refractivity contribution in [3.8, 4) is 5.75 Å². The molecule has 1 N–H and O–H groups in total. The van der Waals surface area contributed by atoms with Gasteiger partial charge in [0.2, 0.25) is 11.8 Å². The van der Waals surface area contributed by atoms with Crippen LogP contribution in [0.3, 0.4) is 0 Å². The number of hydrogen-bond donors (Lipinski definition) is 1. The van der Waals surface area contributed by atoms with E-state index >= 15 is 0 Å². The van der Waals surface area contributed by atoms with Crippen LogP contribution in [0.25, 0.3) is 0 Å². The van der Waals surface area contributed by atoms with Gasteiger partial charge in [-0.1, -0.05) is 55.1 Å². The number of aryl methyl sites for hydroxylation is 1. The molecule has 0 bridgehead atoms. The Labute approximate surface area is 162 Å². The third-order valence-corrected chi connectivity index (χ3v) is 4.76. The third-order valence-electron chi connectivity index (χ3n) is 3.94. The van der Waals surface area contributed by atoms with Gasteiger partial charge in [0.1, 0.15) is 5.75 Å². The van der Waals surface area contributed by atoms with Gasteiger partial charge in [-0.15, -0.1) is 10.2 Å². The van der Waals surface area contributed by atoms with Crippen LogP contribution in [0.2, 0.25) is 0 Å². The number of nitrogens with zero attached hydrogens (tertiary/aromatic N) is 2. The second kappa shape index (κ2) is 9.23. The molecule has 3 rings (SSSR count). The number of para-hydroxylation sites is 2. The largest absolute Gasteiger partial charge is 0.495 e. The first kappa shape index (κ1) is 19.0. The minimum atomic E-state index is -0.167. The highest BCUT2D eigenvalue weighted by Crippen LogP contribution is 2.24. The molecule has 6 nitrogen and oxygen atoms in total. The average molecular weight is 383 g/mol. The van der Waals surface area contributed by atoms with Crippen LogP contribution >= 0.6 is 11.8 Å². The zero-order chi connectivity index (χ0) is 19.1. The van der Waals surface area contributed by atoms with Crippen molar-refractivity contribution < 1.29 is 13.9 Å². The molecular formula is C20H21N3O3S. The molecule has 0 saturated heterocycles. The summed E-state index contributed by atoms with van der Waals surface area (Å²) in [5, 5.41) is 11.2. The lowest BCUT2D eigenvalue weighted by Gasteiger charge is -2.08. The fourth-order valence-corrected chi connectivity index (χ4v) is 3.08. The fraction of sp³-hybridized carbons (Fsp3) is 0.250. The highest BCUT2D eigenvalue weighted by molar-refractivity contribution is 7.99. The number of thioether (sulfide) groups is 1. The van der Waals surface area contributed by atoms with E-state index in [2.05, 4.69) is 46.7 Å². The van der Waals surface area contributed by atoms with E-state index in [1.54, 1.807) is 19.2 Å². The number of benzene rings is 2. The normalized spacial score (nSPS) is 10.6. The monoisotopic (exact) mass is 383 g/mol. The Balaban J connectivity index is 1.52. The number of methoxy groups -OCH3 is 1. The number of nitrogens with one attached hydrogen (secondary N) is 1. The highest BCUT2D eigenvalue weighted by atomic mass is 32.2. The van der Waals surface area contributed by atoms with E-state index < -0.39 is 0 Å². The first-order chi connectivity index (χ1) is 13.2. The van der Waals surface area contributed by atoms with Gasteiger partial charge < -0.3 is 14.5 Å². The summed E-state index contributed by atoms with van der Waals surface area (Å²) in [6.45, 7) is 2.13. The number of anilines is 1. The van der Waals surface area contributed by atoms with Gasteiger partial charge >= 0.3 is 0 Å². The highest BCUT2D eigenvalue weighted by Gasteiger charge is 2.12. The molecule has 0 aliphatic rings. The van der Waals surface area contributed by atoms with Crippen LogP contribution in [0.15, 0.2) is 58.2 Å². The Morgan fingerprint density at radius 2 is 1.85 bits per heavy atom. The molecule has 0 fully saturated rings. The molecule has 0 radical (unpaired) electrons. The molecule has 27 heavy (non-hydrogen) atoms. The van der Waals surface area contributed by atoms with E-state index in [4.69, 9.17) is 9.15 Å². The van der Waals surface area contributed by atoms with Crippen LogP contribution in [0, 0.1) is 0 Å². The number of rotatable bonds is 8.